The van der Waals surface area contributed by atoms with Gasteiger partial charge in [0.15, 0.2) is 17.3 Å². The van der Waals surface area contributed by atoms with Crippen LogP contribution in [0.5, 0.6) is 5.75 Å². The number of benzene rings is 1. The third-order valence-electron chi connectivity index (χ3n) is 6.68. The van der Waals surface area contributed by atoms with Gasteiger partial charge >= 0.3 is 0 Å². The first-order valence-corrected chi connectivity index (χ1v) is 11.4. The van der Waals surface area contributed by atoms with E-state index in [-0.39, 0.29) is 41.7 Å². The van der Waals surface area contributed by atoms with E-state index in [0.717, 1.165) is 31.4 Å². The van der Waals surface area contributed by atoms with Crippen LogP contribution in [0.4, 0.5) is 10.1 Å². The molecule has 190 valence electrons. The maximum atomic E-state index is 14.1. The van der Waals surface area contributed by atoms with E-state index in [1.807, 2.05) is 7.05 Å². The van der Waals surface area contributed by atoms with Crippen molar-refractivity contribution < 1.29 is 14.3 Å². The van der Waals surface area contributed by atoms with Crippen molar-refractivity contribution in [2.45, 2.75) is 44.7 Å². The van der Waals surface area contributed by atoms with E-state index in [2.05, 4.69) is 28.9 Å². The molecule has 3 aromatic rings. The standard InChI is InChI=1S/C25H28ClFN4O2.2ClH/c1-14(32)18-13-28-22-10-9-21(15-11-19(26)25(33)20(27)12-15)29-23(22)24(18)31(4)17-7-5-16(6-8-17)30(2)3;;/h9-13,16-17,33H,5-8H2,1-4H3;2*1H. The predicted octanol–water partition coefficient (Wildman–Crippen LogP) is 6.15. The molecule has 0 unspecified atom stereocenters. The molecule has 6 nitrogen and oxygen atoms in total. The van der Waals surface area contributed by atoms with Crippen LogP contribution in [0, 0.1) is 5.82 Å². The Bertz CT molecular complexity index is 1190. The van der Waals surface area contributed by atoms with Crippen molar-refractivity contribution in [3.8, 4) is 17.0 Å². The number of carbonyl (C=O) groups is 1. The molecule has 1 aliphatic carbocycles. The number of hydrogen-bond acceptors (Lipinski definition) is 6. The van der Waals surface area contributed by atoms with Gasteiger partial charge in [-0.3, -0.25) is 9.78 Å². The quantitative estimate of drug-likeness (QED) is 0.389. The number of fused-ring (bicyclic) bond motifs is 1. The molecule has 2 aromatic heterocycles. The first kappa shape index (κ1) is 29.0. The van der Waals surface area contributed by atoms with Crippen LogP contribution >= 0.6 is 36.4 Å². The second-order valence-corrected chi connectivity index (χ2v) is 9.37. The van der Waals surface area contributed by atoms with Crippen molar-refractivity contribution in [2.75, 3.05) is 26.0 Å². The van der Waals surface area contributed by atoms with Gasteiger partial charge in [-0.25, -0.2) is 9.37 Å². The maximum Gasteiger partial charge on any atom is 0.170 e. The van der Waals surface area contributed by atoms with Gasteiger partial charge in [0.25, 0.3) is 0 Å². The highest BCUT2D eigenvalue weighted by molar-refractivity contribution is 6.32. The summed E-state index contributed by atoms with van der Waals surface area (Å²) < 4.78 is 14.1. The average molecular weight is 544 g/mol. The highest BCUT2D eigenvalue weighted by Gasteiger charge is 2.28. The summed E-state index contributed by atoms with van der Waals surface area (Å²) in [5.74, 6) is -1.49. The number of phenols is 1. The summed E-state index contributed by atoms with van der Waals surface area (Å²) >= 11 is 5.98. The number of aromatic nitrogens is 2. The SMILES string of the molecule is CC(=O)c1cnc2ccc(-c3cc(F)c(O)c(Cl)c3)nc2c1N(C)C1CCC(N(C)C)CC1.Cl.Cl. The molecule has 0 radical (unpaired) electrons. The van der Waals surface area contributed by atoms with Crippen LogP contribution in [-0.4, -0.2) is 59.0 Å². The minimum Gasteiger partial charge on any atom is -0.504 e. The van der Waals surface area contributed by atoms with E-state index in [1.165, 1.54) is 19.1 Å². The Morgan fingerprint density at radius 2 is 1.71 bits per heavy atom. The van der Waals surface area contributed by atoms with Crippen molar-refractivity contribution in [3.05, 3.63) is 46.9 Å². The van der Waals surface area contributed by atoms with Gasteiger partial charge < -0.3 is 14.9 Å². The highest BCUT2D eigenvalue weighted by Crippen LogP contribution is 2.36. The summed E-state index contributed by atoms with van der Waals surface area (Å²) in [5.41, 5.74) is 3.41. The lowest BCUT2D eigenvalue weighted by Crippen LogP contribution is -2.41. The van der Waals surface area contributed by atoms with Gasteiger partial charge in [-0.1, -0.05) is 11.6 Å². The van der Waals surface area contributed by atoms with Crippen LogP contribution in [-0.2, 0) is 0 Å². The fourth-order valence-corrected chi connectivity index (χ4v) is 4.89. The van der Waals surface area contributed by atoms with Gasteiger partial charge in [-0.05, 0) is 71.0 Å². The largest absolute Gasteiger partial charge is 0.504 e. The van der Waals surface area contributed by atoms with Gasteiger partial charge in [0.05, 0.1) is 27.5 Å². The molecule has 35 heavy (non-hydrogen) atoms. The summed E-state index contributed by atoms with van der Waals surface area (Å²) in [5, 5.41) is 9.59. The number of Topliss-reactive ketones (excluding diaryl/α,β-unsaturated/α-hetero) is 1. The maximum absolute atomic E-state index is 14.1. The topological polar surface area (TPSA) is 69.6 Å². The van der Waals surface area contributed by atoms with Crippen molar-refractivity contribution in [2.24, 2.45) is 0 Å². The lowest BCUT2D eigenvalue weighted by molar-refractivity contribution is 0.101. The summed E-state index contributed by atoms with van der Waals surface area (Å²) in [6.07, 6.45) is 5.81. The molecule has 0 aliphatic heterocycles. The van der Waals surface area contributed by atoms with Gasteiger partial charge in [0, 0.05) is 30.9 Å². The molecule has 1 aromatic carbocycles. The van der Waals surface area contributed by atoms with E-state index in [1.54, 1.807) is 18.3 Å². The molecule has 2 heterocycles. The molecular formula is C25H30Cl3FN4O2. The number of rotatable bonds is 5. The van der Waals surface area contributed by atoms with Crippen molar-refractivity contribution in [1.29, 1.82) is 0 Å². The van der Waals surface area contributed by atoms with Crippen LogP contribution in [0.25, 0.3) is 22.3 Å². The number of halogens is 4. The van der Waals surface area contributed by atoms with Gasteiger partial charge in [-0.15, -0.1) is 24.8 Å². The summed E-state index contributed by atoms with van der Waals surface area (Å²) in [6.45, 7) is 1.53. The molecule has 0 amide bonds. The number of carbonyl (C=O) groups excluding carboxylic acids is 1. The highest BCUT2D eigenvalue weighted by atomic mass is 35.5. The van der Waals surface area contributed by atoms with Crippen LogP contribution < -0.4 is 4.90 Å². The molecule has 1 fully saturated rings. The van der Waals surface area contributed by atoms with Crippen molar-refractivity contribution >= 4 is 58.9 Å². The van der Waals surface area contributed by atoms with E-state index in [0.29, 0.717) is 33.9 Å². The molecule has 1 N–H and O–H groups in total. The Labute approximate surface area is 222 Å². The number of nitrogens with zero attached hydrogens (tertiary/aromatic N) is 4. The van der Waals surface area contributed by atoms with E-state index in [9.17, 15) is 14.3 Å². The summed E-state index contributed by atoms with van der Waals surface area (Å²) in [6, 6.07) is 7.05. The number of ketones is 1. The van der Waals surface area contributed by atoms with E-state index >= 15 is 0 Å². The number of hydrogen-bond donors (Lipinski definition) is 1. The number of aromatic hydroxyl groups is 1. The van der Waals surface area contributed by atoms with E-state index in [4.69, 9.17) is 16.6 Å². The van der Waals surface area contributed by atoms with Crippen molar-refractivity contribution in [1.82, 2.24) is 14.9 Å². The Balaban J connectivity index is 0.00000216. The van der Waals surface area contributed by atoms with Gasteiger partial charge in [-0.2, -0.15) is 0 Å². The zero-order valence-corrected chi connectivity index (χ0v) is 22.5. The minimum atomic E-state index is -0.815. The minimum absolute atomic E-state index is 0. The Kier molecular flexibility index (Phi) is 9.71. The Hall–Kier alpha value is -2.19. The molecule has 0 spiro atoms. The Morgan fingerprint density at radius 3 is 2.29 bits per heavy atom. The first-order valence-electron chi connectivity index (χ1n) is 11.1. The molecule has 4 rings (SSSR count). The van der Waals surface area contributed by atoms with Crippen LogP contribution in [0.3, 0.4) is 0 Å². The lowest BCUT2D eigenvalue weighted by Gasteiger charge is -2.38. The molecule has 0 bridgehead atoms. The third-order valence-corrected chi connectivity index (χ3v) is 6.96. The van der Waals surface area contributed by atoms with Gasteiger partial charge in [0.2, 0.25) is 0 Å². The third kappa shape index (κ3) is 5.80. The molecular weight excluding hydrogens is 514 g/mol. The average Bonchev–Trinajstić information content (AvgIpc) is 2.80. The number of anilines is 1. The molecule has 1 aliphatic rings. The smallest absolute Gasteiger partial charge is 0.170 e. The monoisotopic (exact) mass is 542 g/mol. The molecule has 0 saturated heterocycles. The number of phenolic OH excluding ortho intramolecular Hbond substituents is 1. The molecule has 10 heteroatoms. The summed E-state index contributed by atoms with van der Waals surface area (Å²) in [7, 11) is 6.24. The number of pyridine rings is 2. The second-order valence-electron chi connectivity index (χ2n) is 8.97. The van der Waals surface area contributed by atoms with Crippen LogP contribution in [0.15, 0.2) is 30.5 Å². The van der Waals surface area contributed by atoms with E-state index < -0.39 is 11.6 Å². The normalized spacial score (nSPS) is 17.6. The van der Waals surface area contributed by atoms with Crippen LogP contribution in [0.2, 0.25) is 5.02 Å². The predicted molar refractivity (Wildman–Crippen MR) is 144 cm³/mol. The van der Waals surface area contributed by atoms with Gasteiger partial charge in [0.1, 0.15) is 5.52 Å². The fourth-order valence-electron chi connectivity index (χ4n) is 4.69. The molecule has 0 atom stereocenters. The van der Waals surface area contributed by atoms with Crippen molar-refractivity contribution in [3.63, 3.8) is 0 Å². The lowest BCUT2D eigenvalue weighted by atomic mass is 9.89. The second kappa shape index (κ2) is 11.7. The fraction of sp³-hybridized carbons (Fsp3) is 0.400. The zero-order valence-electron chi connectivity index (χ0n) is 20.1. The Morgan fingerprint density at radius 1 is 1.09 bits per heavy atom. The zero-order chi connectivity index (χ0) is 23.9. The molecule has 1 saturated carbocycles. The summed E-state index contributed by atoms with van der Waals surface area (Å²) in [4.78, 5) is 26.2. The van der Waals surface area contributed by atoms with Crippen LogP contribution in [0.1, 0.15) is 43.0 Å². The first-order chi connectivity index (χ1) is 15.7.